The number of ketones is 1. The summed E-state index contributed by atoms with van der Waals surface area (Å²) in [4.78, 5) is 36.4. The minimum atomic E-state index is -0.900. The van der Waals surface area contributed by atoms with E-state index < -0.39 is 23.8 Å². The molecule has 7 heteroatoms. The van der Waals surface area contributed by atoms with Crippen LogP contribution >= 0.6 is 15.9 Å². The van der Waals surface area contributed by atoms with Crippen LogP contribution in [0.25, 0.3) is 0 Å². The van der Waals surface area contributed by atoms with Gasteiger partial charge in [0.25, 0.3) is 0 Å². The number of carbonyl (C=O) groups excluding carboxylic acids is 3. The second-order valence-electron chi connectivity index (χ2n) is 7.71. The largest absolute Gasteiger partial charge is 0.460 e. The van der Waals surface area contributed by atoms with Crippen molar-refractivity contribution in [2.45, 2.75) is 65.6 Å². The molecule has 1 amide bonds. The number of ether oxygens (including phenoxy) is 2. The zero-order valence-corrected chi connectivity index (χ0v) is 18.1. The van der Waals surface area contributed by atoms with Crippen molar-refractivity contribution in [3.05, 3.63) is 28.7 Å². The number of rotatable bonds is 8. The van der Waals surface area contributed by atoms with Gasteiger partial charge >= 0.3 is 12.1 Å². The molecule has 1 rings (SSSR count). The summed E-state index contributed by atoms with van der Waals surface area (Å²) in [7, 11) is 0. The van der Waals surface area contributed by atoms with Crippen LogP contribution < -0.4 is 5.32 Å². The smallest absolute Gasteiger partial charge is 0.412 e. The summed E-state index contributed by atoms with van der Waals surface area (Å²) in [6.45, 7) is 9.17. The Labute approximate surface area is 169 Å². The molecule has 1 aromatic rings. The molecule has 1 atom stereocenters. The molecule has 0 spiro atoms. The predicted octanol–water partition coefficient (Wildman–Crippen LogP) is 5.10. The van der Waals surface area contributed by atoms with Crippen LogP contribution in [-0.4, -0.2) is 29.6 Å². The first kappa shape index (κ1) is 23.1. The maximum atomic E-state index is 12.5. The lowest BCUT2D eigenvalue weighted by atomic mass is 10.00. The molecule has 27 heavy (non-hydrogen) atoms. The van der Waals surface area contributed by atoms with Crippen molar-refractivity contribution in [2.24, 2.45) is 5.92 Å². The Hall–Kier alpha value is -1.89. The van der Waals surface area contributed by atoms with Crippen LogP contribution in [-0.2, 0) is 19.1 Å². The van der Waals surface area contributed by atoms with Gasteiger partial charge in [-0.25, -0.2) is 4.79 Å². The molecule has 0 aliphatic carbocycles. The van der Waals surface area contributed by atoms with E-state index in [-0.39, 0.29) is 24.5 Å². The first-order valence-electron chi connectivity index (χ1n) is 8.94. The van der Waals surface area contributed by atoms with E-state index in [1.807, 2.05) is 13.8 Å². The zero-order chi connectivity index (χ0) is 20.6. The highest BCUT2D eigenvalue weighted by Crippen LogP contribution is 2.17. The van der Waals surface area contributed by atoms with Gasteiger partial charge < -0.3 is 9.47 Å². The summed E-state index contributed by atoms with van der Waals surface area (Å²) < 4.78 is 11.4. The van der Waals surface area contributed by atoms with Gasteiger partial charge in [-0.05, 0) is 57.4 Å². The number of hydrogen-bond donors (Lipinski definition) is 1. The van der Waals surface area contributed by atoms with E-state index in [0.29, 0.717) is 12.1 Å². The molecule has 0 aromatic heterocycles. The average molecular weight is 442 g/mol. The molecule has 0 unspecified atom stereocenters. The summed E-state index contributed by atoms with van der Waals surface area (Å²) in [6.07, 6.45) is -1.28. The average Bonchev–Trinajstić information content (AvgIpc) is 2.52. The van der Waals surface area contributed by atoms with Gasteiger partial charge in [-0.1, -0.05) is 29.8 Å². The van der Waals surface area contributed by atoms with Gasteiger partial charge in [-0.15, -0.1) is 0 Å². The van der Waals surface area contributed by atoms with Crippen LogP contribution in [0.2, 0.25) is 0 Å². The lowest BCUT2D eigenvalue weighted by molar-refractivity contribution is -0.156. The van der Waals surface area contributed by atoms with E-state index in [2.05, 4.69) is 21.2 Å². The topological polar surface area (TPSA) is 81.7 Å². The van der Waals surface area contributed by atoms with Crippen LogP contribution in [0.5, 0.6) is 0 Å². The quantitative estimate of drug-likeness (QED) is 0.567. The molecule has 0 radical (unpaired) electrons. The van der Waals surface area contributed by atoms with E-state index in [9.17, 15) is 14.4 Å². The van der Waals surface area contributed by atoms with Crippen molar-refractivity contribution >= 4 is 39.5 Å². The van der Waals surface area contributed by atoms with E-state index in [4.69, 9.17) is 9.47 Å². The third-order valence-electron chi connectivity index (χ3n) is 3.38. The molecule has 0 fully saturated rings. The van der Waals surface area contributed by atoms with E-state index in [1.165, 1.54) is 0 Å². The molecule has 1 aromatic carbocycles. The molecule has 0 saturated carbocycles. The van der Waals surface area contributed by atoms with Crippen LogP contribution in [0.4, 0.5) is 10.5 Å². The lowest BCUT2D eigenvalue weighted by Gasteiger charge is -2.21. The maximum absolute atomic E-state index is 12.5. The third kappa shape index (κ3) is 10.1. The summed E-state index contributed by atoms with van der Waals surface area (Å²) in [6, 6.07) is 7.00. The fraction of sp³-hybridized carbons (Fsp3) is 0.550. The Morgan fingerprint density at radius 1 is 1.07 bits per heavy atom. The number of carbonyl (C=O) groups is 3. The molecule has 6 nitrogen and oxygen atoms in total. The SMILES string of the molecule is CC(C)C[C@H](OC(=O)Nc1ccc(Br)cc1)C(=O)CCC(=O)OC(C)(C)C. The van der Waals surface area contributed by atoms with Crippen LogP contribution in [0, 0.1) is 5.92 Å². The Morgan fingerprint density at radius 2 is 1.67 bits per heavy atom. The number of hydrogen-bond acceptors (Lipinski definition) is 5. The number of esters is 1. The van der Waals surface area contributed by atoms with Gasteiger partial charge in [-0.2, -0.15) is 0 Å². The summed E-state index contributed by atoms with van der Waals surface area (Å²) in [5, 5.41) is 2.60. The van der Waals surface area contributed by atoms with Crippen LogP contribution in [0.3, 0.4) is 0 Å². The minimum Gasteiger partial charge on any atom is -0.460 e. The molecule has 1 N–H and O–H groups in total. The number of halogens is 1. The van der Waals surface area contributed by atoms with Gasteiger partial charge in [-0.3, -0.25) is 14.9 Å². The second kappa shape index (κ2) is 10.4. The molecule has 0 heterocycles. The van der Waals surface area contributed by atoms with Gasteiger partial charge in [0.1, 0.15) is 5.60 Å². The molecular formula is C20H28BrNO5. The Morgan fingerprint density at radius 3 is 2.19 bits per heavy atom. The highest BCUT2D eigenvalue weighted by Gasteiger charge is 2.25. The third-order valence-corrected chi connectivity index (χ3v) is 3.91. The standard InChI is InChI=1S/C20H28BrNO5/c1-13(2)12-17(16(23)10-11-18(24)27-20(3,4)5)26-19(25)22-15-8-6-14(21)7-9-15/h6-9,13,17H,10-12H2,1-5H3,(H,22,25)/t17-/m0/s1. The molecule has 0 aliphatic heterocycles. The number of amides is 1. The Balaban J connectivity index is 2.62. The van der Waals surface area contributed by atoms with Crippen molar-refractivity contribution in [1.82, 2.24) is 0 Å². The van der Waals surface area contributed by atoms with Gasteiger partial charge in [0, 0.05) is 16.6 Å². The fourth-order valence-corrected chi connectivity index (χ4v) is 2.53. The normalized spacial score (nSPS) is 12.4. The molecule has 0 saturated heterocycles. The van der Waals surface area contributed by atoms with E-state index >= 15 is 0 Å². The maximum Gasteiger partial charge on any atom is 0.412 e. The number of nitrogens with one attached hydrogen (secondary N) is 1. The van der Waals surface area contributed by atoms with E-state index in [0.717, 1.165) is 4.47 Å². The summed E-state index contributed by atoms with van der Waals surface area (Å²) in [5.41, 5.74) is -0.0360. The molecule has 0 bridgehead atoms. The van der Waals surface area contributed by atoms with Crippen LogP contribution in [0.15, 0.2) is 28.7 Å². The summed E-state index contributed by atoms with van der Waals surface area (Å²) in [5.74, 6) is -0.583. The van der Waals surface area contributed by atoms with Crippen molar-refractivity contribution in [3.63, 3.8) is 0 Å². The number of benzene rings is 1. The van der Waals surface area contributed by atoms with Crippen molar-refractivity contribution in [1.29, 1.82) is 0 Å². The van der Waals surface area contributed by atoms with Crippen molar-refractivity contribution in [2.75, 3.05) is 5.32 Å². The van der Waals surface area contributed by atoms with Gasteiger partial charge in [0.2, 0.25) is 0 Å². The second-order valence-corrected chi connectivity index (χ2v) is 8.62. The van der Waals surface area contributed by atoms with Crippen molar-refractivity contribution in [3.8, 4) is 0 Å². The predicted molar refractivity (Wildman–Crippen MR) is 108 cm³/mol. The highest BCUT2D eigenvalue weighted by atomic mass is 79.9. The number of anilines is 1. The minimum absolute atomic E-state index is 0.0299. The highest BCUT2D eigenvalue weighted by molar-refractivity contribution is 9.10. The Kier molecular flexibility index (Phi) is 8.96. The van der Waals surface area contributed by atoms with Gasteiger partial charge in [0.15, 0.2) is 11.9 Å². The monoisotopic (exact) mass is 441 g/mol. The van der Waals surface area contributed by atoms with Gasteiger partial charge in [0.05, 0.1) is 6.42 Å². The fourth-order valence-electron chi connectivity index (χ4n) is 2.26. The van der Waals surface area contributed by atoms with E-state index in [1.54, 1.807) is 45.0 Å². The zero-order valence-electron chi connectivity index (χ0n) is 16.5. The lowest BCUT2D eigenvalue weighted by Crippen LogP contribution is -2.32. The summed E-state index contributed by atoms with van der Waals surface area (Å²) >= 11 is 3.32. The molecule has 150 valence electrons. The van der Waals surface area contributed by atoms with Crippen molar-refractivity contribution < 1.29 is 23.9 Å². The van der Waals surface area contributed by atoms with Crippen LogP contribution in [0.1, 0.15) is 53.9 Å². The first-order chi connectivity index (χ1) is 12.5. The Bertz CT molecular complexity index is 649. The number of Topliss-reactive ketones (excluding diaryl/α,β-unsaturated/α-hetero) is 1. The molecule has 0 aliphatic rings. The molecular weight excluding hydrogens is 414 g/mol. The first-order valence-corrected chi connectivity index (χ1v) is 9.73.